The summed E-state index contributed by atoms with van der Waals surface area (Å²) in [6, 6.07) is 5.83. The second-order valence-corrected chi connectivity index (χ2v) is 9.91. The highest BCUT2D eigenvalue weighted by Gasteiger charge is 2.46. The molecule has 2 saturated heterocycles. The van der Waals surface area contributed by atoms with Crippen molar-refractivity contribution in [2.24, 2.45) is 0 Å². The second-order valence-electron chi connectivity index (χ2n) is 7.65. The van der Waals surface area contributed by atoms with Crippen molar-refractivity contribution < 1.29 is 27.9 Å². The number of aliphatic carboxylic acids is 1. The molecule has 0 aromatic heterocycles. The molecule has 2 heterocycles. The highest BCUT2D eigenvalue weighted by atomic mass is 32.2. The molecule has 3 rings (SSSR count). The first kappa shape index (κ1) is 22.2. The number of amides is 2. The molecule has 2 aliphatic heterocycles. The van der Waals surface area contributed by atoms with Crippen LogP contribution in [0, 0.1) is 0 Å². The lowest BCUT2D eigenvalue weighted by Gasteiger charge is -2.46. The predicted molar refractivity (Wildman–Crippen MR) is 109 cm³/mol. The first-order valence-corrected chi connectivity index (χ1v) is 11.7. The standard InChI is InChI=1S/C20H27N3O6S/c1-2-30(28,29)22-12-15-10-6-7-11-16(19(25)23(15)17(13-22)20(26)27)21-18(24)14-8-4-3-5-9-14/h3-5,8-9,15-17H,2,6-7,10-13H2,1H3,(H,21,24)(H,26,27)/t15-,16-,17-/m0/s1. The summed E-state index contributed by atoms with van der Waals surface area (Å²) in [5.41, 5.74) is 0.414. The highest BCUT2D eigenvalue weighted by molar-refractivity contribution is 7.89. The second kappa shape index (κ2) is 9.13. The summed E-state index contributed by atoms with van der Waals surface area (Å²) < 4.78 is 25.9. The largest absolute Gasteiger partial charge is 0.480 e. The van der Waals surface area contributed by atoms with E-state index in [-0.39, 0.29) is 18.8 Å². The van der Waals surface area contributed by atoms with E-state index < -0.39 is 45.9 Å². The molecule has 0 aliphatic carbocycles. The lowest BCUT2D eigenvalue weighted by molar-refractivity contribution is -0.157. The average Bonchev–Trinajstić information content (AvgIpc) is 2.74. The molecular weight excluding hydrogens is 410 g/mol. The Labute approximate surface area is 176 Å². The number of carbonyl (C=O) groups excluding carboxylic acids is 2. The van der Waals surface area contributed by atoms with Gasteiger partial charge in [-0.2, -0.15) is 4.31 Å². The number of piperazine rings is 1. The number of carboxylic acid groups (broad SMARTS) is 1. The van der Waals surface area contributed by atoms with Crippen LogP contribution >= 0.6 is 0 Å². The summed E-state index contributed by atoms with van der Waals surface area (Å²) in [5.74, 6) is -2.25. The fourth-order valence-electron chi connectivity index (χ4n) is 4.10. The molecule has 0 bridgehead atoms. The molecule has 1 aromatic rings. The van der Waals surface area contributed by atoms with Crippen LogP contribution in [0.25, 0.3) is 0 Å². The molecule has 30 heavy (non-hydrogen) atoms. The van der Waals surface area contributed by atoms with Gasteiger partial charge < -0.3 is 15.3 Å². The van der Waals surface area contributed by atoms with Gasteiger partial charge in [-0.15, -0.1) is 0 Å². The Bertz CT molecular complexity index is 904. The average molecular weight is 438 g/mol. The first-order valence-electron chi connectivity index (χ1n) is 10.1. The number of fused-ring (bicyclic) bond motifs is 1. The molecule has 9 nitrogen and oxygen atoms in total. The van der Waals surface area contributed by atoms with Crippen LogP contribution in [0.4, 0.5) is 0 Å². The number of rotatable bonds is 5. The molecule has 10 heteroatoms. The van der Waals surface area contributed by atoms with Crippen LogP contribution in [-0.2, 0) is 19.6 Å². The van der Waals surface area contributed by atoms with E-state index >= 15 is 0 Å². The topological polar surface area (TPSA) is 124 Å². The van der Waals surface area contributed by atoms with Gasteiger partial charge in [0.05, 0.1) is 5.75 Å². The zero-order valence-corrected chi connectivity index (χ0v) is 17.7. The molecule has 3 atom stereocenters. The fraction of sp³-hybridized carbons (Fsp3) is 0.550. The Morgan fingerprint density at radius 2 is 1.80 bits per heavy atom. The number of carbonyl (C=O) groups is 3. The van der Waals surface area contributed by atoms with Crippen molar-refractivity contribution in [2.45, 2.75) is 50.7 Å². The summed E-state index contributed by atoms with van der Waals surface area (Å²) in [4.78, 5) is 39.1. The number of hydrogen-bond donors (Lipinski definition) is 2. The summed E-state index contributed by atoms with van der Waals surface area (Å²) in [6.07, 6.45) is 2.31. The maximum absolute atomic E-state index is 13.3. The normalized spacial score (nSPS) is 25.7. The molecule has 0 spiro atoms. The van der Waals surface area contributed by atoms with Gasteiger partial charge in [-0.3, -0.25) is 9.59 Å². The van der Waals surface area contributed by atoms with Crippen LogP contribution in [0.5, 0.6) is 0 Å². The van der Waals surface area contributed by atoms with E-state index in [0.29, 0.717) is 31.2 Å². The Morgan fingerprint density at radius 1 is 1.13 bits per heavy atom. The predicted octanol–water partition coefficient (Wildman–Crippen LogP) is 0.675. The van der Waals surface area contributed by atoms with E-state index in [1.54, 1.807) is 30.3 Å². The Hall–Kier alpha value is -2.46. The number of sulfonamides is 1. The number of nitrogens with one attached hydrogen (secondary N) is 1. The number of carboxylic acids is 1. The van der Waals surface area contributed by atoms with Crippen LogP contribution in [-0.4, -0.2) is 77.5 Å². The van der Waals surface area contributed by atoms with Crippen molar-refractivity contribution in [3.8, 4) is 0 Å². The van der Waals surface area contributed by atoms with Gasteiger partial charge in [0.1, 0.15) is 12.1 Å². The maximum atomic E-state index is 13.3. The minimum atomic E-state index is -3.58. The summed E-state index contributed by atoms with van der Waals surface area (Å²) in [6.45, 7) is 1.30. The summed E-state index contributed by atoms with van der Waals surface area (Å²) >= 11 is 0. The molecule has 0 unspecified atom stereocenters. The van der Waals surface area contributed by atoms with Gasteiger partial charge in [0, 0.05) is 24.7 Å². The van der Waals surface area contributed by atoms with Crippen molar-refractivity contribution in [2.75, 3.05) is 18.8 Å². The molecule has 2 N–H and O–H groups in total. The third-order valence-corrected chi connectivity index (χ3v) is 7.55. The molecule has 0 radical (unpaired) electrons. The minimum Gasteiger partial charge on any atom is -0.480 e. The van der Waals surface area contributed by atoms with E-state index in [2.05, 4.69) is 5.32 Å². The SMILES string of the molecule is CCS(=O)(=O)N1C[C@@H]2CCCC[C@H](NC(=O)c3ccccc3)C(=O)N2[C@H](C(=O)O)C1. The van der Waals surface area contributed by atoms with Crippen molar-refractivity contribution in [3.05, 3.63) is 35.9 Å². The van der Waals surface area contributed by atoms with Crippen molar-refractivity contribution in [1.82, 2.24) is 14.5 Å². The molecule has 2 amide bonds. The zero-order valence-electron chi connectivity index (χ0n) is 16.9. The van der Waals surface area contributed by atoms with Crippen LogP contribution in [0.3, 0.4) is 0 Å². The molecule has 1 aromatic carbocycles. The molecule has 0 saturated carbocycles. The molecular formula is C20H27N3O6S. The quantitative estimate of drug-likeness (QED) is 0.698. The zero-order chi connectivity index (χ0) is 21.9. The Kier molecular flexibility index (Phi) is 6.77. The number of benzene rings is 1. The van der Waals surface area contributed by atoms with E-state index in [4.69, 9.17) is 0 Å². The molecule has 2 aliphatic rings. The van der Waals surface area contributed by atoms with Gasteiger partial charge in [0.25, 0.3) is 5.91 Å². The van der Waals surface area contributed by atoms with E-state index in [1.165, 1.54) is 16.1 Å². The van der Waals surface area contributed by atoms with Gasteiger partial charge in [-0.25, -0.2) is 13.2 Å². The van der Waals surface area contributed by atoms with Gasteiger partial charge >= 0.3 is 5.97 Å². The number of nitrogens with zero attached hydrogens (tertiary/aromatic N) is 2. The van der Waals surface area contributed by atoms with Crippen LogP contribution in [0.1, 0.15) is 43.0 Å². The summed E-state index contributed by atoms with van der Waals surface area (Å²) in [7, 11) is -3.58. The first-order chi connectivity index (χ1) is 14.2. The van der Waals surface area contributed by atoms with Crippen LogP contribution in [0.2, 0.25) is 0 Å². The lowest BCUT2D eigenvalue weighted by Crippen LogP contribution is -2.67. The smallest absolute Gasteiger partial charge is 0.327 e. The Balaban J connectivity index is 1.86. The fourth-order valence-corrected chi connectivity index (χ4v) is 5.23. The maximum Gasteiger partial charge on any atom is 0.327 e. The van der Waals surface area contributed by atoms with Crippen molar-refractivity contribution in [1.29, 1.82) is 0 Å². The van der Waals surface area contributed by atoms with Crippen molar-refractivity contribution >= 4 is 27.8 Å². The Morgan fingerprint density at radius 3 is 2.43 bits per heavy atom. The third-order valence-electron chi connectivity index (χ3n) is 5.74. The van der Waals surface area contributed by atoms with Gasteiger partial charge in [0.2, 0.25) is 15.9 Å². The van der Waals surface area contributed by atoms with Gasteiger partial charge in [0.15, 0.2) is 0 Å². The third kappa shape index (κ3) is 4.65. The monoisotopic (exact) mass is 437 g/mol. The van der Waals surface area contributed by atoms with Gasteiger partial charge in [-0.1, -0.05) is 31.0 Å². The molecule has 2 fully saturated rings. The highest BCUT2D eigenvalue weighted by Crippen LogP contribution is 2.27. The van der Waals surface area contributed by atoms with Crippen molar-refractivity contribution in [3.63, 3.8) is 0 Å². The lowest BCUT2D eigenvalue weighted by atomic mass is 9.94. The molecule has 164 valence electrons. The van der Waals surface area contributed by atoms with Gasteiger partial charge in [-0.05, 0) is 31.9 Å². The minimum absolute atomic E-state index is 0.0744. The van der Waals surface area contributed by atoms with E-state index in [9.17, 15) is 27.9 Å². The number of hydrogen-bond acceptors (Lipinski definition) is 5. The van der Waals surface area contributed by atoms with E-state index in [0.717, 1.165) is 0 Å². The van der Waals surface area contributed by atoms with Crippen LogP contribution < -0.4 is 5.32 Å². The van der Waals surface area contributed by atoms with E-state index in [1.807, 2.05) is 0 Å². The van der Waals surface area contributed by atoms with Crippen LogP contribution in [0.15, 0.2) is 30.3 Å². The summed E-state index contributed by atoms with van der Waals surface area (Å²) in [5, 5.41) is 12.5.